The summed E-state index contributed by atoms with van der Waals surface area (Å²) < 4.78 is 5.04. The van der Waals surface area contributed by atoms with Gasteiger partial charge < -0.3 is 9.52 Å². The van der Waals surface area contributed by atoms with Gasteiger partial charge in [-0.2, -0.15) is 5.10 Å². The molecule has 21 heavy (non-hydrogen) atoms. The molecular weight excluding hydrogens is 270 g/mol. The maximum absolute atomic E-state index is 11.8. The van der Waals surface area contributed by atoms with Crippen LogP contribution in [0.1, 0.15) is 24.5 Å². The number of nitrogens with one attached hydrogen (secondary N) is 2. The molecular formula is C15H17N3O3. The zero-order valence-electron chi connectivity index (χ0n) is 11.6. The van der Waals surface area contributed by atoms with Crippen molar-refractivity contribution in [2.45, 2.75) is 19.2 Å². The van der Waals surface area contributed by atoms with Crippen molar-refractivity contribution >= 4 is 12.1 Å². The summed E-state index contributed by atoms with van der Waals surface area (Å²) >= 11 is 0. The van der Waals surface area contributed by atoms with Crippen molar-refractivity contribution in [3.8, 4) is 0 Å². The lowest BCUT2D eigenvalue weighted by Gasteiger charge is -2.17. The molecule has 0 bridgehead atoms. The number of rotatable bonds is 6. The van der Waals surface area contributed by atoms with Crippen LogP contribution in [0.2, 0.25) is 0 Å². The Hall–Kier alpha value is -2.44. The molecule has 0 unspecified atom stereocenters. The van der Waals surface area contributed by atoms with Gasteiger partial charge in [0.1, 0.15) is 12.0 Å². The zero-order chi connectivity index (χ0) is 15.1. The van der Waals surface area contributed by atoms with E-state index in [-0.39, 0.29) is 5.91 Å². The Morgan fingerprint density at radius 1 is 1.29 bits per heavy atom. The normalized spacial score (nSPS) is 14.0. The Kier molecular flexibility index (Phi) is 5.25. The number of hydrogen-bond donors (Lipinski definition) is 3. The van der Waals surface area contributed by atoms with Crippen molar-refractivity contribution in [1.29, 1.82) is 0 Å². The Balaban J connectivity index is 1.82. The molecule has 0 saturated carbocycles. The Bertz CT molecular complexity index is 581. The second-order valence-corrected chi connectivity index (χ2v) is 4.45. The molecule has 0 aliphatic rings. The van der Waals surface area contributed by atoms with Gasteiger partial charge in [0.2, 0.25) is 0 Å². The second-order valence-electron chi connectivity index (χ2n) is 4.45. The van der Waals surface area contributed by atoms with E-state index in [1.54, 1.807) is 31.2 Å². The smallest absolute Gasteiger partial charge is 0.256 e. The largest absolute Gasteiger partial charge is 0.463 e. The number of aliphatic hydroxyl groups is 1. The number of furan rings is 1. The molecule has 2 aromatic rings. The lowest BCUT2D eigenvalue weighted by Crippen LogP contribution is -2.42. The first-order valence-corrected chi connectivity index (χ1v) is 6.52. The van der Waals surface area contributed by atoms with Crippen LogP contribution < -0.4 is 10.7 Å². The van der Waals surface area contributed by atoms with Crippen LogP contribution in [0.4, 0.5) is 0 Å². The SMILES string of the molecule is C[C@@H](N[C@@H](O)c1ccccc1)C(=O)N/N=C\c1ccco1. The number of hydrogen-bond acceptors (Lipinski definition) is 5. The highest BCUT2D eigenvalue weighted by Gasteiger charge is 2.16. The van der Waals surface area contributed by atoms with Gasteiger partial charge in [-0.1, -0.05) is 30.3 Å². The molecule has 110 valence electrons. The summed E-state index contributed by atoms with van der Waals surface area (Å²) in [5, 5.41) is 16.5. The van der Waals surface area contributed by atoms with Crippen LogP contribution in [0.3, 0.4) is 0 Å². The third-order valence-electron chi connectivity index (χ3n) is 2.83. The van der Waals surface area contributed by atoms with Gasteiger partial charge in [-0.3, -0.25) is 10.1 Å². The number of hydrazone groups is 1. The van der Waals surface area contributed by atoms with E-state index in [1.165, 1.54) is 12.5 Å². The molecule has 0 saturated heterocycles. The van der Waals surface area contributed by atoms with Crippen molar-refractivity contribution in [1.82, 2.24) is 10.7 Å². The lowest BCUT2D eigenvalue weighted by atomic mass is 10.2. The minimum Gasteiger partial charge on any atom is -0.463 e. The quantitative estimate of drug-likeness (QED) is 0.426. The molecule has 1 aromatic carbocycles. The lowest BCUT2D eigenvalue weighted by molar-refractivity contribution is -0.123. The summed E-state index contributed by atoms with van der Waals surface area (Å²) in [6, 6.07) is 11.9. The fourth-order valence-corrected chi connectivity index (χ4v) is 1.67. The van der Waals surface area contributed by atoms with Gasteiger partial charge in [0.15, 0.2) is 0 Å². The molecule has 1 aromatic heterocycles. The molecule has 1 heterocycles. The Morgan fingerprint density at radius 3 is 2.71 bits per heavy atom. The average Bonchev–Trinajstić information content (AvgIpc) is 3.01. The predicted molar refractivity (Wildman–Crippen MR) is 78.4 cm³/mol. The maximum atomic E-state index is 11.8. The van der Waals surface area contributed by atoms with E-state index in [0.717, 1.165) is 0 Å². The molecule has 6 heteroatoms. The van der Waals surface area contributed by atoms with Gasteiger partial charge in [-0.15, -0.1) is 0 Å². The van der Waals surface area contributed by atoms with Gasteiger partial charge >= 0.3 is 0 Å². The molecule has 0 aliphatic carbocycles. The highest BCUT2D eigenvalue weighted by atomic mass is 16.3. The molecule has 0 fully saturated rings. The third kappa shape index (κ3) is 4.55. The van der Waals surface area contributed by atoms with Crippen molar-refractivity contribution in [2.75, 3.05) is 0 Å². The Labute approximate surface area is 122 Å². The molecule has 0 aliphatic heterocycles. The van der Waals surface area contributed by atoms with Crippen LogP contribution in [0, 0.1) is 0 Å². The number of nitrogens with zero attached hydrogens (tertiary/aromatic N) is 1. The van der Waals surface area contributed by atoms with E-state index in [0.29, 0.717) is 11.3 Å². The van der Waals surface area contributed by atoms with Crippen LogP contribution >= 0.6 is 0 Å². The van der Waals surface area contributed by atoms with Gasteiger partial charge in [-0.05, 0) is 24.6 Å². The van der Waals surface area contributed by atoms with Gasteiger partial charge in [0.25, 0.3) is 5.91 Å². The fraction of sp³-hybridized carbons (Fsp3) is 0.200. The van der Waals surface area contributed by atoms with E-state index in [4.69, 9.17) is 4.42 Å². The van der Waals surface area contributed by atoms with Gasteiger partial charge in [0.05, 0.1) is 18.5 Å². The van der Waals surface area contributed by atoms with Crippen molar-refractivity contribution in [2.24, 2.45) is 5.10 Å². The van der Waals surface area contributed by atoms with E-state index in [1.807, 2.05) is 18.2 Å². The minimum atomic E-state index is -0.916. The molecule has 2 rings (SSSR count). The van der Waals surface area contributed by atoms with Crippen molar-refractivity contribution < 1.29 is 14.3 Å². The van der Waals surface area contributed by atoms with Crippen molar-refractivity contribution in [3.05, 3.63) is 60.1 Å². The zero-order valence-corrected chi connectivity index (χ0v) is 11.6. The third-order valence-corrected chi connectivity index (χ3v) is 2.83. The van der Waals surface area contributed by atoms with Crippen LogP contribution in [0.25, 0.3) is 0 Å². The van der Waals surface area contributed by atoms with Crippen LogP contribution in [-0.2, 0) is 4.79 Å². The number of benzene rings is 1. The van der Waals surface area contributed by atoms with E-state index < -0.39 is 12.3 Å². The first kappa shape index (κ1) is 15.0. The van der Waals surface area contributed by atoms with E-state index in [9.17, 15) is 9.90 Å². The molecule has 3 N–H and O–H groups in total. The number of amides is 1. The Morgan fingerprint density at radius 2 is 2.05 bits per heavy atom. The standard InChI is InChI=1S/C15H17N3O3/c1-11(17-15(20)12-6-3-2-4-7-12)14(19)18-16-10-13-8-5-9-21-13/h2-11,15,17,20H,1H3,(H,18,19)/b16-10-/t11-,15+/m1/s1. The van der Waals surface area contributed by atoms with Crippen LogP contribution in [-0.4, -0.2) is 23.3 Å². The fourth-order valence-electron chi connectivity index (χ4n) is 1.67. The highest BCUT2D eigenvalue weighted by Crippen LogP contribution is 2.09. The first-order valence-electron chi connectivity index (χ1n) is 6.52. The highest BCUT2D eigenvalue weighted by molar-refractivity contribution is 5.83. The van der Waals surface area contributed by atoms with E-state index in [2.05, 4.69) is 15.8 Å². The van der Waals surface area contributed by atoms with Crippen molar-refractivity contribution in [3.63, 3.8) is 0 Å². The monoisotopic (exact) mass is 287 g/mol. The first-order chi connectivity index (χ1) is 10.2. The topological polar surface area (TPSA) is 86.9 Å². The molecule has 0 radical (unpaired) electrons. The van der Waals surface area contributed by atoms with Gasteiger partial charge in [-0.25, -0.2) is 5.43 Å². The molecule has 0 spiro atoms. The number of aliphatic hydroxyl groups excluding tert-OH is 1. The number of carbonyl (C=O) groups is 1. The average molecular weight is 287 g/mol. The summed E-state index contributed by atoms with van der Waals surface area (Å²) in [5.41, 5.74) is 3.07. The summed E-state index contributed by atoms with van der Waals surface area (Å²) in [6.45, 7) is 1.64. The summed E-state index contributed by atoms with van der Waals surface area (Å²) in [7, 11) is 0. The van der Waals surface area contributed by atoms with Crippen LogP contribution in [0.5, 0.6) is 0 Å². The maximum Gasteiger partial charge on any atom is 0.256 e. The molecule has 1 amide bonds. The van der Waals surface area contributed by atoms with Gasteiger partial charge in [0, 0.05) is 0 Å². The van der Waals surface area contributed by atoms with Crippen LogP contribution in [0.15, 0.2) is 58.2 Å². The second kappa shape index (κ2) is 7.37. The number of carbonyl (C=O) groups excluding carboxylic acids is 1. The molecule has 6 nitrogen and oxygen atoms in total. The molecule has 2 atom stereocenters. The van der Waals surface area contributed by atoms with E-state index >= 15 is 0 Å². The predicted octanol–water partition coefficient (Wildman–Crippen LogP) is 1.40. The minimum absolute atomic E-state index is 0.354. The summed E-state index contributed by atoms with van der Waals surface area (Å²) in [5.74, 6) is 0.188. The summed E-state index contributed by atoms with van der Waals surface area (Å²) in [6.07, 6.45) is 2.00. The summed E-state index contributed by atoms with van der Waals surface area (Å²) in [4.78, 5) is 11.8.